The largest absolute Gasteiger partial charge is 0.457 e. The molecule has 4 aliphatic rings. The molecule has 2 saturated heterocycles. The molecular formula is C25H38O8. The number of fused-ring (bicyclic) bond motifs is 3. The summed E-state index contributed by atoms with van der Waals surface area (Å²) in [7, 11) is 0. The highest BCUT2D eigenvalue weighted by Gasteiger charge is 2.81. The zero-order valence-electron chi connectivity index (χ0n) is 20.3. The fourth-order valence-corrected chi connectivity index (χ4v) is 7.38. The molecule has 4 fully saturated rings. The Morgan fingerprint density at radius 1 is 1.18 bits per heavy atom. The summed E-state index contributed by atoms with van der Waals surface area (Å²) in [6.45, 7) is 12.9. The number of rotatable bonds is 3. The van der Waals surface area contributed by atoms with E-state index in [1.807, 2.05) is 13.8 Å². The summed E-state index contributed by atoms with van der Waals surface area (Å²) in [5, 5.41) is 35.3. The van der Waals surface area contributed by atoms with E-state index in [1.165, 1.54) is 13.0 Å². The van der Waals surface area contributed by atoms with Crippen LogP contribution in [-0.2, 0) is 23.8 Å². The van der Waals surface area contributed by atoms with Crippen LogP contribution >= 0.6 is 0 Å². The third-order valence-corrected chi connectivity index (χ3v) is 9.18. The summed E-state index contributed by atoms with van der Waals surface area (Å²) in [5.41, 5.74) is -7.21. The number of ether oxygens (including phenoxy) is 3. The van der Waals surface area contributed by atoms with Gasteiger partial charge in [0.1, 0.15) is 17.8 Å². The first-order valence-corrected chi connectivity index (χ1v) is 12.0. The van der Waals surface area contributed by atoms with Crippen molar-refractivity contribution in [1.29, 1.82) is 0 Å². The fourth-order valence-electron chi connectivity index (χ4n) is 7.38. The highest BCUT2D eigenvalue weighted by atomic mass is 16.6. The van der Waals surface area contributed by atoms with Crippen LogP contribution in [0.3, 0.4) is 0 Å². The molecule has 186 valence electrons. The maximum atomic E-state index is 13.7. The number of hydrogen-bond donors (Lipinski definition) is 3. The second kappa shape index (κ2) is 7.59. The Bertz CT molecular complexity index is 849. The van der Waals surface area contributed by atoms with Crippen molar-refractivity contribution < 1.29 is 39.1 Å². The second-order valence-electron chi connectivity index (χ2n) is 11.7. The van der Waals surface area contributed by atoms with Crippen LogP contribution in [0.5, 0.6) is 0 Å². The lowest BCUT2D eigenvalue weighted by molar-refractivity contribution is -0.370. The Morgan fingerprint density at radius 3 is 2.42 bits per heavy atom. The minimum Gasteiger partial charge on any atom is -0.457 e. The van der Waals surface area contributed by atoms with Crippen molar-refractivity contribution in [3.8, 4) is 0 Å². The lowest BCUT2D eigenvalue weighted by atomic mass is 9.40. The molecule has 33 heavy (non-hydrogen) atoms. The van der Waals surface area contributed by atoms with Crippen molar-refractivity contribution in [3.05, 3.63) is 12.7 Å². The lowest BCUT2D eigenvalue weighted by Crippen LogP contribution is -2.86. The van der Waals surface area contributed by atoms with Crippen molar-refractivity contribution in [2.24, 2.45) is 16.7 Å². The SMILES string of the molecule is C=C[C@@]1(C)CC(=O)[C@]2(O)[C@@]3(C)[C@@H](O)CCC(C)(C)[C@@H]3C(OC(=O)C3CCCO3)[C@H](O)[C@@]2(C)O1. The Morgan fingerprint density at radius 2 is 1.85 bits per heavy atom. The molecule has 8 heteroatoms. The minimum absolute atomic E-state index is 0.148. The van der Waals surface area contributed by atoms with Crippen LogP contribution < -0.4 is 0 Å². The Balaban J connectivity index is 1.89. The number of ketones is 1. The molecule has 2 heterocycles. The normalized spacial score (nSPS) is 51.4. The van der Waals surface area contributed by atoms with Crippen molar-refractivity contribution in [2.45, 2.75) is 108 Å². The highest BCUT2D eigenvalue weighted by molar-refractivity contribution is 5.92. The minimum atomic E-state index is -2.21. The lowest BCUT2D eigenvalue weighted by Gasteiger charge is -2.71. The highest BCUT2D eigenvalue weighted by Crippen LogP contribution is 2.67. The van der Waals surface area contributed by atoms with Gasteiger partial charge in [0.2, 0.25) is 0 Å². The number of esters is 1. The van der Waals surface area contributed by atoms with E-state index in [0.29, 0.717) is 25.9 Å². The number of carbonyl (C=O) groups is 2. The quantitative estimate of drug-likeness (QED) is 0.424. The molecule has 0 amide bonds. The fraction of sp³-hybridized carbons (Fsp3) is 0.840. The zero-order chi connectivity index (χ0) is 24.6. The first-order chi connectivity index (χ1) is 15.2. The number of Topliss-reactive ketones (excluding diaryl/α,β-unsaturated/α-hetero) is 1. The van der Waals surface area contributed by atoms with Gasteiger partial charge in [0.05, 0.1) is 11.7 Å². The predicted octanol–water partition coefficient (Wildman–Crippen LogP) is 1.68. The molecule has 2 aliphatic carbocycles. The monoisotopic (exact) mass is 466 g/mol. The van der Waals surface area contributed by atoms with Crippen LogP contribution in [0.4, 0.5) is 0 Å². The Kier molecular flexibility index (Phi) is 5.70. The molecule has 9 atom stereocenters. The van der Waals surface area contributed by atoms with Gasteiger partial charge in [-0.2, -0.15) is 0 Å². The molecule has 0 spiro atoms. The molecule has 3 N–H and O–H groups in total. The van der Waals surface area contributed by atoms with Crippen molar-refractivity contribution in [3.63, 3.8) is 0 Å². The summed E-state index contributed by atoms with van der Waals surface area (Å²) in [6.07, 6.45) is -0.921. The Labute approximate surface area is 195 Å². The maximum absolute atomic E-state index is 13.7. The topological polar surface area (TPSA) is 123 Å². The van der Waals surface area contributed by atoms with E-state index >= 15 is 0 Å². The van der Waals surface area contributed by atoms with Crippen LogP contribution in [0.25, 0.3) is 0 Å². The predicted molar refractivity (Wildman–Crippen MR) is 118 cm³/mol. The third kappa shape index (κ3) is 3.14. The second-order valence-corrected chi connectivity index (χ2v) is 11.7. The molecule has 2 saturated carbocycles. The Hall–Kier alpha value is -1.32. The van der Waals surface area contributed by atoms with Crippen molar-refractivity contribution >= 4 is 11.8 Å². The standard InChI is InChI=1S/C25H38O8/c1-7-22(4)13-16(27)25(30)23(5)15(26)10-11-21(2,3)18(23)17(19(28)24(25,6)33-22)32-20(29)14-9-8-12-31-14/h7,14-15,17-19,26,28,30H,1,8-13H2,2-6H3/t14?,15-,17?,18-,19-,22-,23-,24+,25-/m0/s1. The van der Waals surface area contributed by atoms with Crippen molar-refractivity contribution in [2.75, 3.05) is 6.61 Å². The molecule has 8 nitrogen and oxygen atoms in total. The third-order valence-electron chi connectivity index (χ3n) is 9.18. The van der Waals surface area contributed by atoms with E-state index in [1.54, 1.807) is 13.8 Å². The van der Waals surface area contributed by atoms with Crippen LogP contribution in [-0.4, -0.2) is 74.9 Å². The molecule has 4 rings (SSSR count). The van der Waals surface area contributed by atoms with E-state index in [9.17, 15) is 24.9 Å². The molecule has 2 unspecified atom stereocenters. The number of carbonyl (C=O) groups excluding carboxylic acids is 2. The van der Waals surface area contributed by atoms with Gasteiger partial charge in [-0.05, 0) is 44.9 Å². The van der Waals surface area contributed by atoms with E-state index < -0.39 is 69.7 Å². The molecule has 0 aromatic carbocycles. The number of aliphatic hydroxyl groups is 3. The summed E-state index contributed by atoms with van der Waals surface area (Å²) < 4.78 is 17.7. The molecule has 2 aliphatic heterocycles. The smallest absolute Gasteiger partial charge is 0.335 e. The van der Waals surface area contributed by atoms with E-state index in [-0.39, 0.29) is 6.42 Å². The number of hydrogen-bond acceptors (Lipinski definition) is 8. The van der Waals surface area contributed by atoms with Gasteiger partial charge in [0.25, 0.3) is 0 Å². The average molecular weight is 467 g/mol. The van der Waals surface area contributed by atoms with E-state index in [0.717, 1.165) is 6.42 Å². The first-order valence-electron chi connectivity index (χ1n) is 12.0. The zero-order valence-corrected chi connectivity index (χ0v) is 20.3. The van der Waals surface area contributed by atoms with Crippen LogP contribution in [0.15, 0.2) is 12.7 Å². The summed E-state index contributed by atoms with van der Waals surface area (Å²) >= 11 is 0. The van der Waals surface area contributed by atoms with Gasteiger partial charge in [-0.15, -0.1) is 6.58 Å². The molecule has 0 aromatic rings. The number of aliphatic hydroxyl groups excluding tert-OH is 2. The van der Waals surface area contributed by atoms with Gasteiger partial charge < -0.3 is 29.5 Å². The molecule has 0 bridgehead atoms. The van der Waals surface area contributed by atoms with Gasteiger partial charge in [-0.3, -0.25) is 4.79 Å². The van der Waals surface area contributed by atoms with Crippen LogP contribution in [0.1, 0.15) is 66.7 Å². The van der Waals surface area contributed by atoms with Gasteiger partial charge in [-0.1, -0.05) is 26.8 Å². The van der Waals surface area contributed by atoms with Gasteiger partial charge >= 0.3 is 5.97 Å². The first kappa shape index (κ1) is 24.8. The van der Waals surface area contributed by atoms with Crippen LogP contribution in [0, 0.1) is 16.7 Å². The molecule has 0 aromatic heterocycles. The van der Waals surface area contributed by atoms with E-state index in [4.69, 9.17) is 14.2 Å². The van der Waals surface area contributed by atoms with Crippen LogP contribution in [0.2, 0.25) is 0 Å². The summed E-state index contributed by atoms with van der Waals surface area (Å²) in [6, 6.07) is 0. The van der Waals surface area contributed by atoms with Gasteiger partial charge in [-0.25, -0.2) is 4.79 Å². The molecular weight excluding hydrogens is 428 g/mol. The summed E-state index contributed by atoms with van der Waals surface area (Å²) in [5.74, 6) is -1.82. The molecule has 0 radical (unpaired) electrons. The van der Waals surface area contributed by atoms with Gasteiger partial charge in [0, 0.05) is 24.4 Å². The summed E-state index contributed by atoms with van der Waals surface area (Å²) in [4.78, 5) is 26.7. The average Bonchev–Trinajstić information content (AvgIpc) is 3.27. The van der Waals surface area contributed by atoms with E-state index in [2.05, 4.69) is 6.58 Å². The van der Waals surface area contributed by atoms with Gasteiger partial charge in [0.15, 0.2) is 17.5 Å². The maximum Gasteiger partial charge on any atom is 0.335 e. The van der Waals surface area contributed by atoms with Crippen molar-refractivity contribution in [1.82, 2.24) is 0 Å².